The monoisotopic (exact) mass is 490 g/mol. The van der Waals surface area contributed by atoms with E-state index in [0.717, 1.165) is 23.1 Å². The number of hydrogen-bond donors (Lipinski definition) is 1. The van der Waals surface area contributed by atoms with Crippen molar-refractivity contribution in [3.8, 4) is 17.0 Å². The number of carbonyl (C=O) groups is 1. The summed E-state index contributed by atoms with van der Waals surface area (Å²) in [5.41, 5.74) is 1.68. The molecule has 2 aromatic carbocycles. The lowest BCUT2D eigenvalue weighted by Crippen LogP contribution is -2.50. The molecule has 3 aromatic rings. The van der Waals surface area contributed by atoms with Crippen LogP contribution in [0.3, 0.4) is 0 Å². The average molecular weight is 491 g/mol. The van der Waals surface area contributed by atoms with Gasteiger partial charge in [0.1, 0.15) is 11.6 Å². The van der Waals surface area contributed by atoms with Crippen LogP contribution in [0.1, 0.15) is 0 Å². The predicted molar refractivity (Wildman–Crippen MR) is 124 cm³/mol. The third kappa shape index (κ3) is 5.56. The number of thiazole rings is 1. The van der Waals surface area contributed by atoms with Crippen LogP contribution in [-0.4, -0.2) is 68.3 Å². The second-order valence-electron chi connectivity index (χ2n) is 7.45. The molecule has 1 saturated heterocycles. The molecule has 1 aliphatic rings. The first-order valence-corrected chi connectivity index (χ1v) is 12.5. The molecule has 0 bridgehead atoms. The van der Waals surface area contributed by atoms with Gasteiger partial charge in [-0.3, -0.25) is 9.69 Å². The van der Waals surface area contributed by atoms with Gasteiger partial charge in [-0.2, -0.15) is 4.31 Å². The number of methoxy groups -OCH3 is 1. The van der Waals surface area contributed by atoms with E-state index in [-0.39, 0.29) is 30.4 Å². The quantitative estimate of drug-likeness (QED) is 0.548. The number of nitrogens with one attached hydrogen (secondary N) is 1. The average Bonchev–Trinajstić information content (AvgIpc) is 3.27. The lowest BCUT2D eigenvalue weighted by molar-refractivity contribution is -0.117. The second kappa shape index (κ2) is 9.96. The van der Waals surface area contributed by atoms with E-state index in [0.29, 0.717) is 18.2 Å². The van der Waals surface area contributed by atoms with E-state index in [4.69, 9.17) is 4.74 Å². The summed E-state index contributed by atoms with van der Waals surface area (Å²) in [4.78, 5) is 18.7. The molecule has 0 atom stereocenters. The van der Waals surface area contributed by atoms with Crippen LogP contribution < -0.4 is 10.1 Å². The maximum absolute atomic E-state index is 13.4. The van der Waals surface area contributed by atoms with E-state index in [9.17, 15) is 17.6 Å². The van der Waals surface area contributed by atoms with Crippen LogP contribution >= 0.6 is 11.3 Å². The molecule has 1 amide bonds. The van der Waals surface area contributed by atoms with Crippen molar-refractivity contribution in [3.05, 3.63) is 59.7 Å². The standard InChI is InChI=1S/C22H23FN4O4S2/c1-31-18-7-5-16(6-8-18)20-15-32-22(24-20)25-21(28)14-26-9-11-27(12-10-26)33(29,30)19-4-2-3-17(23)13-19/h2-8,13,15H,9-12,14H2,1H3,(H,24,25,28). The molecular formula is C22H23FN4O4S2. The predicted octanol–water partition coefficient (Wildman–Crippen LogP) is 2.90. The lowest BCUT2D eigenvalue weighted by atomic mass is 10.2. The van der Waals surface area contributed by atoms with Crippen LogP contribution in [0.4, 0.5) is 9.52 Å². The number of piperazine rings is 1. The van der Waals surface area contributed by atoms with Crippen molar-refractivity contribution < 1.29 is 22.3 Å². The van der Waals surface area contributed by atoms with Crippen molar-refractivity contribution in [2.75, 3.05) is 45.2 Å². The molecule has 11 heteroatoms. The van der Waals surface area contributed by atoms with E-state index < -0.39 is 15.8 Å². The highest BCUT2D eigenvalue weighted by atomic mass is 32.2. The smallest absolute Gasteiger partial charge is 0.243 e. The number of rotatable bonds is 7. The highest BCUT2D eigenvalue weighted by Gasteiger charge is 2.29. The molecular weight excluding hydrogens is 467 g/mol. The molecule has 174 valence electrons. The molecule has 0 saturated carbocycles. The Labute approximate surface area is 195 Å². The third-order valence-electron chi connectivity index (χ3n) is 5.27. The summed E-state index contributed by atoms with van der Waals surface area (Å²) in [5.74, 6) is -0.0536. The molecule has 1 aliphatic heterocycles. The summed E-state index contributed by atoms with van der Waals surface area (Å²) in [6.07, 6.45) is 0. The van der Waals surface area contributed by atoms with Crippen molar-refractivity contribution in [2.24, 2.45) is 0 Å². The first-order chi connectivity index (χ1) is 15.8. The fraction of sp³-hybridized carbons (Fsp3) is 0.273. The number of halogens is 1. The fourth-order valence-corrected chi connectivity index (χ4v) is 5.68. The van der Waals surface area contributed by atoms with Crippen molar-refractivity contribution in [1.82, 2.24) is 14.2 Å². The lowest BCUT2D eigenvalue weighted by Gasteiger charge is -2.33. The maximum atomic E-state index is 13.4. The van der Waals surface area contributed by atoms with E-state index in [1.807, 2.05) is 34.5 Å². The Morgan fingerprint density at radius 2 is 1.88 bits per heavy atom. The summed E-state index contributed by atoms with van der Waals surface area (Å²) in [6.45, 7) is 1.38. The number of nitrogens with zero attached hydrogens (tertiary/aromatic N) is 3. The van der Waals surface area contributed by atoms with Crippen LogP contribution in [0.2, 0.25) is 0 Å². The van der Waals surface area contributed by atoms with Gasteiger partial charge in [-0.1, -0.05) is 6.07 Å². The highest BCUT2D eigenvalue weighted by Crippen LogP contribution is 2.26. The number of hydrogen-bond acceptors (Lipinski definition) is 7. The largest absolute Gasteiger partial charge is 0.497 e. The van der Waals surface area contributed by atoms with Gasteiger partial charge in [-0.15, -0.1) is 11.3 Å². The van der Waals surface area contributed by atoms with Gasteiger partial charge in [-0.05, 0) is 42.5 Å². The molecule has 0 aliphatic carbocycles. The molecule has 0 unspecified atom stereocenters. The Bertz CT molecular complexity index is 1220. The number of ether oxygens (including phenoxy) is 1. The van der Waals surface area contributed by atoms with Crippen LogP contribution in [0.25, 0.3) is 11.3 Å². The molecule has 0 spiro atoms. The van der Waals surface area contributed by atoms with E-state index in [2.05, 4.69) is 10.3 Å². The van der Waals surface area contributed by atoms with Crippen LogP contribution in [0.15, 0.2) is 58.8 Å². The number of anilines is 1. The number of sulfonamides is 1. The van der Waals surface area contributed by atoms with Crippen molar-refractivity contribution >= 4 is 32.4 Å². The van der Waals surface area contributed by atoms with Crippen molar-refractivity contribution in [1.29, 1.82) is 0 Å². The van der Waals surface area contributed by atoms with Crippen molar-refractivity contribution in [2.45, 2.75) is 4.90 Å². The topological polar surface area (TPSA) is 91.8 Å². The minimum atomic E-state index is -3.76. The fourth-order valence-electron chi connectivity index (χ4n) is 3.49. The van der Waals surface area contributed by atoms with Crippen LogP contribution in [-0.2, 0) is 14.8 Å². The minimum absolute atomic E-state index is 0.0647. The van der Waals surface area contributed by atoms with E-state index >= 15 is 0 Å². The highest BCUT2D eigenvalue weighted by molar-refractivity contribution is 7.89. The zero-order valence-corrected chi connectivity index (χ0v) is 19.5. The minimum Gasteiger partial charge on any atom is -0.497 e. The Hall–Kier alpha value is -2.86. The molecule has 0 radical (unpaired) electrons. The zero-order chi connectivity index (χ0) is 23.4. The van der Waals surface area contributed by atoms with Gasteiger partial charge in [0, 0.05) is 37.1 Å². The molecule has 4 rings (SSSR count). The van der Waals surface area contributed by atoms with E-state index in [1.165, 1.54) is 33.8 Å². The molecule has 1 aromatic heterocycles. The zero-order valence-electron chi connectivity index (χ0n) is 17.9. The van der Waals surface area contributed by atoms with Gasteiger partial charge >= 0.3 is 0 Å². The summed E-state index contributed by atoms with van der Waals surface area (Å²) >= 11 is 1.34. The Morgan fingerprint density at radius 3 is 2.55 bits per heavy atom. The Balaban J connectivity index is 1.29. The number of benzene rings is 2. The molecule has 1 fully saturated rings. The maximum Gasteiger partial charge on any atom is 0.243 e. The second-order valence-corrected chi connectivity index (χ2v) is 10.2. The number of aromatic nitrogens is 1. The Morgan fingerprint density at radius 1 is 1.15 bits per heavy atom. The SMILES string of the molecule is COc1ccc(-c2csc(NC(=O)CN3CCN(S(=O)(=O)c4cccc(F)c4)CC3)n2)cc1. The normalized spacial score (nSPS) is 15.3. The number of amides is 1. The summed E-state index contributed by atoms with van der Waals surface area (Å²) < 4.78 is 45.3. The van der Waals surface area contributed by atoms with E-state index in [1.54, 1.807) is 7.11 Å². The van der Waals surface area contributed by atoms with Gasteiger partial charge in [0.2, 0.25) is 15.9 Å². The first kappa shape index (κ1) is 23.3. The molecule has 1 N–H and O–H groups in total. The van der Waals surface area contributed by atoms with Crippen LogP contribution in [0.5, 0.6) is 5.75 Å². The van der Waals surface area contributed by atoms with Gasteiger partial charge in [-0.25, -0.2) is 17.8 Å². The van der Waals surface area contributed by atoms with Gasteiger partial charge in [0.15, 0.2) is 5.13 Å². The van der Waals surface area contributed by atoms with Gasteiger partial charge in [0.05, 0.1) is 24.2 Å². The first-order valence-electron chi connectivity index (χ1n) is 10.2. The van der Waals surface area contributed by atoms with Gasteiger partial charge < -0.3 is 10.1 Å². The van der Waals surface area contributed by atoms with Crippen LogP contribution in [0, 0.1) is 5.82 Å². The van der Waals surface area contributed by atoms with Crippen molar-refractivity contribution in [3.63, 3.8) is 0 Å². The summed E-state index contributed by atoms with van der Waals surface area (Å²) in [7, 11) is -2.16. The molecule has 33 heavy (non-hydrogen) atoms. The summed E-state index contributed by atoms with van der Waals surface area (Å²) in [6, 6.07) is 12.5. The third-order valence-corrected chi connectivity index (χ3v) is 7.92. The van der Waals surface area contributed by atoms with Gasteiger partial charge in [0.25, 0.3) is 0 Å². The Kier molecular flexibility index (Phi) is 7.03. The number of carbonyl (C=O) groups excluding carboxylic acids is 1. The molecule has 2 heterocycles. The summed E-state index contributed by atoms with van der Waals surface area (Å²) in [5, 5.41) is 5.17. The molecule has 8 nitrogen and oxygen atoms in total.